The number of aromatic nitrogens is 1. The van der Waals surface area contributed by atoms with Crippen LogP contribution >= 0.6 is 11.3 Å². The molecule has 2 aliphatic heterocycles. The Hall–Kier alpha value is -2.41. The topological polar surface area (TPSA) is 119 Å². The predicted octanol–water partition coefficient (Wildman–Crippen LogP) is 1.53. The highest BCUT2D eigenvalue weighted by Gasteiger charge is 2.30. The van der Waals surface area contributed by atoms with Crippen LogP contribution in [-0.2, 0) is 27.2 Å². The summed E-state index contributed by atoms with van der Waals surface area (Å²) in [6, 6.07) is 5.30. The molecule has 0 bridgehead atoms. The lowest BCUT2D eigenvalue weighted by Gasteiger charge is -2.33. The third-order valence-electron chi connectivity index (χ3n) is 8.02. The molecular weight excluding hydrogens is 540 g/mol. The van der Waals surface area contributed by atoms with Crippen molar-refractivity contribution in [1.82, 2.24) is 30.7 Å². The average molecular weight is 587 g/mol. The molecule has 2 saturated heterocycles. The van der Waals surface area contributed by atoms with Gasteiger partial charge in [-0.2, -0.15) is 0 Å². The second-order valence-electron chi connectivity index (χ2n) is 11.3. The van der Waals surface area contributed by atoms with Gasteiger partial charge < -0.3 is 25.4 Å². The number of nitrogens with one attached hydrogen (secondary N) is 3. The third kappa shape index (κ3) is 9.29. The molecule has 41 heavy (non-hydrogen) atoms. The highest BCUT2D eigenvalue weighted by atomic mass is 32.1. The van der Waals surface area contributed by atoms with Crippen molar-refractivity contribution in [3.8, 4) is 0 Å². The number of aliphatic hydroxyl groups excluding tert-OH is 1. The number of nitrogens with zero attached hydrogens (tertiary/aromatic N) is 3. The summed E-state index contributed by atoms with van der Waals surface area (Å²) in [6.07, 6.45) is 2.03. The Balaban J connectivity index is 1.40. The van der Waals surface area contributed by atoms with Gasteiger partial charge in [0.15, 0.2) is 0 Å². The fraction of sp³-hybridized carbons (Fsp3) is 0.633. The molecule has 1 aromatic carbocycles. The van der Waals surface area contributed by atoms with Gasteiger partial charge in [0.05, 0.1) is 21.3 Å². The summed E-state index contributed by atoms with van der Waals surface area (Å²) in [4.78, 5) is 35.9. The number of aliphatic hydroxyl groups is 1. The third-order valence-corrected chi connectivity index (χ3v) is 9.06. The van der Waals surface area contributed by atoms with E-state index in [-0.39, 0.29) is 23.8 Å². The zero-order valence-electron chi connectivity index (χ0n) is 24.7. The SMILES string of the molecule is C=C(CN1CCN(C)CC1)C(=O)NCC(NC(=O)[C@H](Cc1nc2ccc(CC)cc2s1)NC(C)O)C1CCOCC1. The minimum atomic E-state index is -0.869. The van der Waals surface area contributed by atoms with Crippen LogP contribution in [0, 0.1) is 5.92 Å². The molecule has 2 fully saturated rings. The lowest BCUT2D eigenvalue weighted by atomic mass is 9.91. The highest BCUT2D eigenvalue weighted by Crippen LogP contribution is 2.25. The Labute approximate surface area is 247 Å². The summed E-state index contributed by atoms with van der Waals surface area (Å²) < 4.78 is 6.65. The van der Waals surface area contributed by atoms with Gasteiger partial charge in [0, 0.05) is 70.5 Å². The number of hydrogen-bond acceptors (Lipinski definition) is 9. The van der Waals surface area contributed by atoms with Gasteiger partial charge in [-0.15, -0.1) is 11.3 Å². The van der Waals surface area contributed by atoms with E-state index in [9.17, 15) is 14.7 Å². The van der Waals surface area contributed by atoms with Crippen molar-refractivity contribution >= 4 is 33.4 Å². The molecule has 2 amide bonds. The number of amides is 2. The normalized spacial score (nSPS) is 19.5. The molecule has 2 unspecified atom stereocenters. The Kier molecular flexibility index (Phi) is 11.7. The average Bonchev–Trinajstić information content (AvgIpc) is 3.37. The summed E-state index contributed by atoms with van der Waals surface area (Å²) in [6.45, 7) is 13.6. The summed E-state index contributed by atoms with van der Waals surface area (Å²) in [5, 5.41) is 20.2. The van der Waals surface area contributed by atoms with Crippen LogP contribution in [0.25, 0.3) is 10.2 Å². The first-order valence-electron chi connectivity index (χ1n) is 14.8. The van der Waals surface area contributed by atoms with Crippen molar-refractivity contribution < 1.29 is 19.4 Å². The molecule has 4 rings (SSSR count). The molecule has 3 heterocycles. The highest BCUT2D eigenvalue weighted by molar-refractivity contribution is 7.18. The lowest BCUT2D eigenvalue weighted by molar-refractivity contribution is -0.126. The number of carbonyl (C=O) groups is 2. The van der Waals surface area contributed by atoms with Gasteiger partial charge in [0.1, 0.15) is 6.23 Å². The maximum absolute atomic E-state index is 13.6. The van der Waals surface area contributed by atoms with Gasteiger partial charge in [0.2, 0.25) is 11.8 Å². The molecule has 0 spiro atoms. The van der Waals surface area contributed by atoms with Gasteiger partial charge in [-0.1, -0.05) is 19.6 Å². The molecule has 1 aromatic heterocycles. The van der Waals surface area contributed by atoms with Crippen LogP contribution in [0.2, 0.25) is 0 Å². The van der Waals surface area contributed by atoms with Crippen molar-refractivity contribution in [2.24, 2.45) is 5.92 Å². The second-order valence-corrected chi connectivity index (χ2v) is 12.4. The number of aryl methyl sites for hydroxylation is 1. The van der Waals surface area contributed by atoms with Crippen LogP contribution in [-0.4, -0.2) is 110 Å². The van der Waals surface area contributed by atoms with Gasteiger partial charge in [0.25, 0.3) is 0 Å². The molecule has 4 N–H and O–H groups in total. The zero-order valence-corrected chi connectivity index (χ0v) is 25.5. The minimum Gasteiger partial charge on any atom is -0.381 e. The Bertz CT molecular complexity index is 1170. The van der Waals surface area contributed by atoms with Crippen LogP contribution in [0.3, 0.4) is 0 Å². The summed E-state index contributed by atoms with van der Waals surface area (Å²) in [5.41, 5.74) is 2.69. The molecule has 0 radical (unpaired) electrons. The molecule has 226 valence electrons. The standard InChI is InChI=1S/C30H46N6O4S/c1-5-22-6-7-24-27(16-22)41-28(33-24)17-25(32-21(3)37)30(39)34-26(23-8-14-40-15-9-23)18-31-29(38)20(2)19-36-12-10-35(4)11-13-36/h6-7,16,21,23,25-26,32,37H,2,5,8-15,17-19H2,1,3-4H3,(H,31,38)(H,34,39)/t21?,25-,26?/m0/s1. The van der Waals surface area contributed by atoms with Gasteiger partial charge in [-0.3, -0.25) is 19.8 Å². The van der Waals surface area contributed by atoms with Crippen molar-refractivity contribution in [3.05, 3.63) is 40.9 Å². The van der Waals surface area contributed by atoms with Gasteiger partial charge >= 0.3 is 0 Å². The van der Waals surface area contributed by atoms with E-state index in [1.165, 1.54) is 5.56 Å². The number of benzene rings is 1. The van der Waals surface area contributed by atoms with E-state index in [4.69, 9.17) is 9.72 Å². The molecule has 3 atom stereocenters. The number of ether oxygens (including phenoxy) is 1. The fourth-order valence-electron chi connectivity index (χ4n) is 5.43. The quantitative estimate of drug-likeness (QED) is 0.206. The lowest BCUT2D eigenvalue weighted by Crippen LogP contribution is -2.56. The first-order chi connectivity index (χ1) is 19.7. The van der Waals surface area contributed by atoms with E-state index in [0.29, 0.717) is 38.3 Å². The van der Waals surface area contributed by atoms with Gasteiger partial charge in [-0.05, 0) is 56.8 Å². The maximum atomic E-state index is 13.6. The van der Waals surface area contributed by atoms with Crippen LogP contribution in [0.5, 0.6) is 0 Å². The smallest absolute Gasteiger partial charge is 0.247 e. The van der Waals surface area contributed by atoms with E-state index in [1.807, 2.05) is 6.07 Å². The van der Waals surface area contributed by atoms with Crippen LogP contribution < -0.4 is 16.0 Å². The van der Waals surface area contributed by atoms with E-state index in [2.05, 4.69) is 58.4 Å². The summed E-state index contributed by atoms with van der Waals surface area (Å²) >= 11 is 1.58. The molecule has 2 aliphatic rings. The number of rotatable bonds is 13. The van der Waals surface area contributed by atoms with Crippen LogP contribution in [0.4, 0.5) is 0 Å². The Morgan fingerprint density at radius 3 is 2.63 bits per heavy atom. The number of fused-ring (bicyclic) bond motifs is 1. The van der Waals surface area contributed by atoms with Gasteiger partial charge in [-0.25, -0.2) is 4.98 Å². The zero-order chi connectivity index (χ0) is 29.4. The van der Waals surface area contributed by atoms with E-state index in [0.717, 1.165) is 60.7 Å². The first-order valence-corrected chi connectivity index (χ1v) is 15.6. The van der Waals surface area contributed by atoms with E-state index in [1.54, 1.807) is 18.3 Å². The Morgan fingerprint density at radius 1 is 1.22 bits per heavy atom. The molecule has 2 aromatic rings. The second kappa shape index (κ2) is 15.2. The number of hydrogen-bond donors (Lipinski definition) is 4. The minimum absolute atomic E-state index is 0.168. The Morgan fingerprint density at radius 2 is 1.95 bits per heavy atom. The molecular formula is C30H46N6O4S. The monoisotopic (exact) mass is 586 g/mol. The van der Waals surface area contributed by atoms with Crippen molar-refractivity contribution in [2.75, 3.05) is 59.5 Å². The molecule has 0 aliphatic carbocycles. The van der Waals surface area contributed by atoms with Crippen molar-refractivity contribution in [3.63, 3.8) is 0 Å². The molecule has 0 saturated carbocycles. The fourth-order valence-corrected chi connectivity index (χ4v) is 6.51. The van der Waals surface area contributed by atoms with Crippen molar-refractivity contribution in [2.45, 2.75) is 57.8 Å². The number of carbonyl (C=O) groups excluding carboxylic acids is 2. The first kappa shape index (κ1) is 31.5. The van der Waals surface area contributed by atoms with Crippen molar-refractivity contribution in [1.29, 1.82) is 0 Å². The number of thiazole rings is 1. The van der Waals surface area contributed by atoms with Crippen LogP contribution in [0.15, 0.2) is 30.4 Å². The maximum Gasteiger partial charge on any atom is 0.247 e. The summed E-state index contributed by atoms with van der Waals surface area (Å²) in [7, 11) is 2.10. The number of piperazine rings is 1. The van der Waals surface area contributed by atoms with Crippen LogP contribution in [0.1, 0.15) is 37.3 Å². The molecule has 10 nitrogen and oxygen atoms in total. The molecule has 11 heteroatoms. The van der Waals surface area contributed by atoms with E-state index >= 15 is 0 Å². The summed E-state index contributed by atoms with van der Waals surface area (Å²) in [5.74, 6) is -0.239. The van der Waals surface area contributed by atoms with E-state index < -0.39 is 12.3 Å². The predicted molar refractivity (Wildman–Crippen MR) is 163 cm³/mol. The largest absolute Gasteiger partial charge is 0.381 e. The number of likely N-dealkylation sites (N-methyl/N-ethyl adjacent to an activating group) is 1.